The molecular formula is C19H22N4O5. The lowest BCUT2D eigenvalue weighted by molar-refractivity contribution is 0.135. The van der Waals surface area contributed by atoms with Gasteiger partial charge < -0.3 is 23.8 Å². The zero-order valence-electron chi connectivity index (χ0n) is 16.0. The van der Waals surface area contributed by atoms with E-state index in [9.17, 15) is 4.79 Å². The average molecular weight is 386 g/mol. The van der Waals surface area contributed by atoms with Crippen molar-refractivity contribution in [3.8, 4) is 17.4 Å². The highest BCUT2D eigenvalue weighted by Gasteiger charge is 2.48. The molecule has 148 valence electrons. The second kappa shape index (κ2) is 7.41. The first-order valence-electron chi connectivity index (χ1n) is 8.92. The van der Waals surface area contributed by atoms with Crippen molar-refractivity contribution in [1.29, 1.82) is 0 Å². The molecule has 2 aromatic rings. The largest absolute Gasteiger partial charge is 0.493 e. The number of methoxy groups -OCH3 is 3. The van der Waals surface area contributed by atoms with Crippen LogP contribution in [-0.4, -0.2) is 67.5 Å². The van der Waals surface area contributed by atoms with Gasteiger partial charge in [-0.15, -0.1) is 0 Å². The minimum absolute atomic E-state index is 0.0541. The standard InChI is InChI=1S/C19H22N4O5/c1-25-14-5-4-12(6-15(14)26-2)8-23-13-9-22(10-16(13)28-19(23)24)17-7-18(27-3)21-11-20-17/h4-7,11,13,16H,8-10H2,1-3H3/t13-,16+/m1/s1. The number of ether oxygens (including phenoxy) is 4. The lowest BCUT2D eigenvalue weighted by atomic mass is 10.1. The summed E-state index contributed by atoms with van der Waals surface area (Å²) in [6.07, 6.45) is 0.966. The van der Waals surface area contributed by atoms with E-state index in [2.05, 4.69) is 14.9 Å². The van der Waals surface area contributed by atoms with E-state index in [1.54, 1.807) is 32.3 Å². The predicted molar refractivity (Wildman–Crippen MR) is 99.9 cm³/mol. The Bertz CT molecular complexity index is 877. The molecular weight excluding hydrogens is 364 g/mol. The highest BCUT2D eigenvalue weighted by Crippen LogP contribution is 2.33. The Labute approximate surface area is 162 Å². The molecule has 1 aromatic heterocycles. The zero-order valence-corrected chi connectivity index (χ0v) is 16.0. The number of hydrogen-bond acceptors (Lipinski definition) is 8. The molecule has 3 heterocycles. The molecule has 2 atom stereocenters. The first-order valence-corrected chi connectivity index (χ1v) is 8.92. The molecule has 2 fully saturated rings. The number of hydrogen-bond donors (Lipinski definition) is 0. The van der Waals surface area contributed by atoms with E-state index in [1.165, 1.54) is 6.33 Å². The lowest BCUT2D eigenvalue weighted by Gasteiger charge is -2.23. The van der Waals surface area contributed by atoms with Crippen molar-refractivity contribution in [2.75, 3.05) is 39.3 Å². The van der Waals surface area contributed by atoms with Gasteiger partial charge in [-0.25, -0.2) is 14.8 Å². The van der Waals surface area contributed by atoms with Crippen LogP contribution in [0.2, 0.25) is 0 Å². The summed E-state index contributed by atoms with van der Waals surface area (Å²) in [5.74, 6) is 2.53. The second-order valence-electron chi connectivity index (χ2n) is 6.63. The summed E-state index contributed by atoms with van der Waals surface area (Å²) < 4.78 is 21.4. The third-order valence-corrected chi connectivity index (χ3v) is 5.09. The van der Waals surface area contributed by atoms with E-state index in [-0.39, 0.29) is 18.2 Å². The smallest absolute Gasteiger partial charge is 0.410 e. The van der Waals surface area contributed by atoms with Crippen LogP contribution in [0.25, 0.3) is 0 Å². The summed E-state index contributed by atoms with van der Waals surface area (Å²) in [6, 6.07) is 7.36. The summed E-state index contributed by atoms with van der Waals surface area (Å²) in [4.78, 5) is 24.6. The minimum atomic E-state index is -0.301. The number of nitrogens with zero attached hydrogens (tertiary/aromatic N) is 4. The molecule has 1 aromatic carbocycles. The van der Waals surface area contributed by atoms with Gasteiger partial charge in [-0.05, 0) is 17.7 Å². The molecule has 0 saturated carbocycles. The van der Waals surface area contributed by atoms with Crippen LogP contribution in [0.15, 0.2) is 30.6 Å². The topological polar surface area (TPSA) is 86.3 Å². The van der Waals surface area contributed by atoms with Gasteiger partial charge in [0.2, 0.25) is 5.88 Å². The fraction of sp³-hybridized carbons (Fsp3) is 0.421. The summed E-state index contributed by atoms with van der Waals surface area (Å²) in [5, 5.41) is 0. The number of anilines is 1. The molecule has 0 aliphatic carbocycles. The predicted octanol–water partition coefficient (Wildman–Crippen LogP) is 1.71. The maximum Gasteiger partial charge on any atom is 0.410 e. The van der Waals surface area contributed by atoms with Crippen LogP contribution < -0.4 is 19.1 Å². The molecule has 0 bridgehead atoms. The Morgan fingerprint density at radius 2 is 1.89 bits per heavy atom. The molecule has 0 unspecified atom stereocenters. The Balaban J connectivity index is 1.51. The maximum absolute atomic E-state index is 12.4. The van der Waals surface area contributed by atoms with E-state index < -0.39 is 0 Å². The van der Waals surface area contributed by atoms with Crippen LogP contribution in [0.4, 0.5) is 10.6 Å². The molecule has 28 heavy (non-hydrogen) atoms. The van der Waals surface area contributed by atoms with Gasteiger partial charge >= 0.3 is 6.09 Å². The van der Waals surface area contributed by atoms with Crippen LogP contribution in [0.3, 0.4) is 0 Å². The monoisotopic (exact) mass is 386 g/mol. The first kappa shape index (κ1) is 18.1. The van der Waals surface area contributed by atoms with Crippen molar-refractivity contribution in [1.82, 2.24) is 14.9 Å². The number of benzene rings is 1. The number of amides is 1. The first-order chi connectivity index (χ1) is 13.6. The highest BCUT2D eigenvalue weighted by molar-refractivity contribution is 5.72. The molecule has 9 heteroatoms. The van der Waals surface area contributed by atoms with Gasteiger partial charge in [0.25, 0.3) is 0 Å². The Morgan fingerprint density at radius 1 is 1.07 bits per heavy atom. The Hall–Kier alpha value is -3.23. The fourth-order valence-corrected chi connectivity index (χ4v) is 3.66. The third-order valence-electron chi connectivity index (χ3n) is 5.09. The van der Waals surface area contributed by atoms with Gasteiger partial charge in [-0.2, -0.15) is 0 Å². The van der Waals surface area contributed by atoms with Crippen LogP contribution >= 0.6 is 0 Å². The van der Waals surface area contributed by atoms with E-state index in [4.69, 9.17) is 18.9 Å². The maximum atomic E-state index is 12.4. The van der Waals surface area contributed by atoms with Crippen molar-refractivity contribution in [2.24, 2.45) is 0 Å². The summed E-state index contributed by atoms with van der Waals surface area (Å²) in [6.45, 7) is 1.64. The number of rotatable bonds is 6. The van der Waals surface area contributed by atoms with E-state index in [0.29, 0.717) is 37.0 Å². The molecule has 9 nitrogen and oxygen atoms in total. The van der Waals surface area contributed by atoms with Gasteiger partial charge in [-0.1, -0.05) is 6.07 Å². The summed E-state index contributed by atoms with van der Waals surface area (Å²) >= 11 is 0. The van der Waals surface area contributed by atoms with Gasteiger partial charge in [0, 0.05) is 19.2 Å². The van der Waals surface area contributed by atoms with Gasteiger partial charge in [0.05, 0.1) is 33.9 Å². The van der Waals surface area contributed by atoms with Crippen molar-refractivity contribution >= 4 is 11.9 Å². The van der Waals surface area contributed by atoms with Crippen LogP contribution in [0.1, 0.15) is 5.56 Å². The molecule has 4 rings (SSSR count). The van der Waals surface area contributed by atoms with Crippen LogP contribution in [0.5, 0.6) is 17.4 Å². The fourth-order valence-electron chi connectivity index (χ4n) is 3.66. The number of fused-ring (bicyclic) bond motifs is 1. The van der Waals surface area contributed by atoms with Gasteiger partial charge in [-0.3, -0.25) is 4.90 Å². The van der Waals surface area contributed by atoms with Crippen LogP contribution in [0, 0.1) is 0 Å². The second-order valence-corrected chi connectivity index (χ2v) is 6.63. The van der Waals surface area contributed by atoms with E-state index >= 15 is 0 Å². The molecule has 0 radical (unpaired) electrons. The Kier molecular flexibility index (Phi) is 4.81. The van der Waals surface area contributed by atoms with E-state index in [0.717, 1.165) is 11.4 Å². The highest BCUT2D eigenvalue weighted by atomic mass is 16.6. The number of carbonyl (C=O) groups excluding carboxylic acids is 1. The van der Waals surface area contributed by atoms with E-state index in [1.807, 2.05) is 18.2 Å². The third kappa shape index (κ3) is 3.23. The summed E-state index contributed by atoms with van der Waals surface area (Å²) in [7, 11) is 4.75. The number of carbonyl (C=O) groups is 1. The molecule has 2 saturated heterocycles. The molecule has 0 N–H and O–H groups in total. The van der Waals surface area contributed by atoms with Crippen molar-refractivity contribution < 1.29 is 23.7 Å². The normalized spacial score (nSPS) is 20.8. The lowest BCUT2D eigenvalue weighted by Crippen LogP contribution is -2.37. The quantitative estimate of drug-likeness (QED) is 0.742. The van der Waals surface area contributed by atoms with Crippen molar-refractivity contribution in [3.63, 3.8) is 0 Å². The molecule has 2 aliphatic heterocycles. The van der Waals surface area contributed by atoms with Gasteiger partial charge in [0.1, 0.15) is 18.2 Å². The Morgan fingerprint density at radius 3 is 2.64 bits per heavy atom. The number of aromatic nitrogens is 2. The molecule has 1 amide bonds. The average Bonchev–Trinajstić information content (AvgIpc) is 3.26. The van der Waals surface area contributed by atoms with Crippen molar-refractivity contribution in [3.05, 3.63) is 36.2 Å². The van der Waals surface area contributed by atoms with Crippen LogP contribution in [-0.2, 0) is 11.3 Å². The van der Waals surface area contributed by atoms with Crippen molar-refractivity contribution in [2.45, 2.75) is 18.7 Å². The summed E-state index contributed by atoms with van der Waals surface area (Å²) in [5.41, 5.74) is 0.942. The van der Waals surface area contributed by atoms with Gasteiger partial charge in [0.15, 0.2) is 11.5 Å². The zero-order chi connectivity index (χ0) is 19.7. The molecule has 2 aliphatic rings. The molecule has 0 spiro atoms. The SMILES string of the molecule is COc1cc(N2C[C@@H]3OC(=O)N(Cc4ccc(OC)c(OC)c4)[C@@H]3C2)ncn1. The minimum Gasteiger partial charge on any atom is -0.493 e.